The maximum atomic E-state index is 13.8. The molecule has 1 aromatic heterocycles. The van der Waals surface area contributed by atoms with Gasteiger partial charge in [-0.3, -0.25) is 14.6 Å². The Bertz CT molecular complexity index is 1060. The fraction of sp³-hybridized carbons (Fsp3) is 0.136. The van der Waals surface area contributed by atoms with Crippen LogP contribution < -0.4 is 20.1 Å². The number of halogens is 1. The highest BCUT2D eigenvalue weighted by atomic mass is 19.1. The molecule has 0 radical (unpaired) electrons. The topological polar surface area (TPSA) is 89.6 Å². The lowest BCUT2D eigenvalue weighted by Gasteiger charge is -2.13. The molecular formula is C22H20FN3O4. The van der Waals surface area contributed by atoms with Gasteiger partial charge in [0, 0.05) is 24.1 Å². The molecule has 2 aromatic carbocycles. The lowest BCUT2D eigenvalue weighted by Crippen LogP contribution is -2.15. The zero-order valence-electron chi connectivity index (χ0n) is 16.4. The lowest BCUT2D eigenvalue weighted by molar-refractivity contribution is -0.115. The molecule has 0 fully saturated rings. The minimum absolute atomic E-state index is 0.0112. The van der Waals surface area contributed by atoms with Gasteiger partial charge >= 0.3 is 0 Å². The number of carbonyl (C=O) groups excluding carboxylic acids is 2. The van der Waals surface area contributed by atoms with Gasteiger partial charge in [-0.25, -0.2) is 4.39 Å². The molecule has 2 N–H and O–H groups in total. The highest BCUT2D eigenvalue weighted by Crippen LogP contribution is 2.28. The van der Waals surface area contributed by atoms with Crippen molar-refractivity contribution < 1.29 is 23.5 Å². The maximum Gasteiger partial charge on any atom is 0.257 e. The Morgan fingerprint density at radius 1 is 1.00 bits per heavy atom. The van der Waals surface area contributed by atoms with Gasteiger partial charge in [0.05, 0.1) is 31.9 Å². The number of nitrogens with one attached hydrogen (secondary N) is 2. The maximum absolute atomic E-state index is 13.8. The zero-order chi connectivity index (χ0) is 21.5. The van der Waals surface area contributed by atoms with Crippen molar-refractivity contribution >= 4 is 23.2 Å². The minimum atomic E-state index is -0.529. The average Bonchev–Trinajstić information content (AvgIpc) is 2.75. The zero-order valence-corrected chi connectivity index (χ0v) is 16.4. The van der Waals surface area contributed by atoms with E-state index in [1.165, 1.54) is 32.5 Å². The SMILES string of the molecule is COc1ccc(CC(=O)Nc2ccc(NC(=O)c3cccnc3)c(OC)c2)cc1F. The summed E-state index contributed by atoms with van der Waals surface area (Å²) in [5, 5.41) is 5.48. The van der Waals surface area contributed by atoms with Crippen LogP contribution in [0.5, 0.6) is 11.5 Å². The van der Waals surface area contributed by atoms with E-state index >= 15 is 0 Å². The van der Waals surface area contributed by atoms with Crippen LogP contribution in [0.4, 0.5) is 15.8 Å². The number of aromatic nitrogens is 1. The van der Waals surface area contributed by atoms with Crippen molar-refractivity contribution in [3.8, 4) is 11.5 Å². The van der Waals surface area contributed by atoms with E-state index < -0.39 is 5.82 Å². The highest BCUT2D eigenvalue weighted by molar-refractivity contribution is 6.05. The predicted octanol–water partition coefficient (Wildman–Crippen LogP) is 3.67. The normalized spacial score (nSPS) is 10.2. The summed E-state index contributed by atoms with van der Waals surface area (Å²) in [6.45, 7) is 0. The Morgan fingerprint density at radius 3 is 2.47 bits per heavy atom. The molecule has 0 saturated heterocycles. The summed E-state index contributed by atoms with van der Waals surface area (Å²) in [4.78, 5) is 28.5. The van der Waals surface area contributed by atoms with Gasteiger partial charge in [0.1, 0.15) is 5.75 Å². The molecule has 7 nitrogen and oxygen atoms in total. The summed E-state index contributed by atoms with van der Waals surface area (Å²) in [5.74, 6) is -0.694. The van der Waals surface area contributed by atoms with Crippen molar-refractivity contribution in [2.24, 2.45) is 0 Å². The van der Waals surface area contributed by atoms with Gasteiger partial charge in [0.25, 0.3) is 5.91 Å². The smallest absolute Gasteiger partial charge is 0.257 e. The van der Waals surface area contributed by atoms with Crippen molar-refractivity contribution in [2.75, 3.05) is 24.9 Å². The molecule has 154 valence electrons. The summed E-state index contributed by atoms with van der Waals surface area (Å²) >= 11 is 0. The Hall–Kier alpha value is -3.94. The second-order valence-electron chi connectivity index (χ2n) is 6.30. The molecule has 3 aromatic rings. The number of anilines is 2. The Kier molecular flexibility index (Phi) is 6.59. The van der Waals surface area contributed by atoms with Gasteiger partial charge in [-0.2, -0.15) is 0 Å². The molecule has 0 aliphatic carbocycles. The number of ether oxygens (including phenoxy) is 2. The molecule has 0 spiro atoms. The third-order valence-electron chi connectivity index (χ3n) is 4.24. The van der Waals surface area contributed by atoms with Crippen molar-refractivity contribution in [3.63, 3.8) is 0 Å². The average molecular weight is 409 g/mol. The first-order valence-electron chi connectivity index (χ1n) is 9.02. The van der Waals surface area contributed by atoms with Crippen molar-refractivity contribution in [1.82, 2.24) is 4.98 Å². The van der Waals surface area contributed by atoms with Crippen LogP contribution in [0.2, 0.25) is 0 Å². The predicted molar refractivity (Wildman–Crippen MR) is 110 cm³/mol. The van der Waals surface area contributed by atoms with Crippen LogP contribution in [0, 0.1) is 5.82 Å². The quantitative estimate of drug-likeness (QED) is 0.622. The second kappa shape index (κ2) is 9.51. The van der Waals surface area contributed by atoms with Crippen LogP contribution in [-0.4, -0.2) is 31.0 Å². The number of amides is 2. The first kappa shape index (κ1) is 20.8. The van der Waals surface area contributed by atoms with Crippen LogP contribution in [-0.2, 0) is 11.2 Å². The lowest BCUT2D eigenvalue weighted by atomic mass is 10.1. The molecule has 0 aliphatic rings. The number of pyridine rings is 1. The Labute approximate surface area is 172 Å². The van der Waals surface area contributed by atoms with Gasteiger partial charge in [-0.15, -0.1) is 0 Å². The summed E-state index contributed by atoms with van der Waals surface area (Å²) < 4.78 is 24.0. The molecule has 1 heterocycles. The minimum Gasteiger partial charge on any atom is -0.494 e. The Morgan fingerprint density at radius 2 is 1.80 bits per heavy atom. The van der Waals surface area contributed by atoms with Gasteiger partial charge in [0.2, 0.25) is 5.91 Å². The van der Waals surface area contributed by atoms with E-state index in [2.05, 4.69) is 15.6 Å². The first-order valence-corrected chi connectivity index (χ1v) is 9.02. The largest absolute Gasteiger partial charge is 0.494 e. The molecule has 3 rings (SSSR count). The first-order chi connectivity index (χ1) is 14.5. The van der Waals surface area contributed by atoms with Crippen molar-refractivity contribution in [2.45, 2.75) is 6.42 Å². The molecule has 30 heavy (non-hydrogen) atoms. The number of hydrogen-bond acceptors (Lipinski definition) is 5. The summed E-state index contributed by atoms with van der Waals surface area (Å²) in [6.07, 6.45) is 3.02. The van der Waals surface area contributed by atoms with Gasteiger partial charge in [-0.05, 0) is 42.0 Å². The molecule has 0 atom stereocenters. The number of nitrogens with zero attached hydrogens (tertiary/aromatic N) is 1. The van der Waals surface area contributed by atoms with Gasteiger partial charge in [0.15, 0.2) is 11.6 Å². The number of hydrogen-bond donors (Lipinski definition) is 2. The molecule has 0 bridgehead atoms. The van der Waals surface area contributed by atoms with Crippen LogP contribution in [0.15, 0.2) is 60.9 Å². The van der Waals surface area contributed by atoms with E-state index in [-0.39, 0.29) is 24.0 Å². The fourth-order valence-electron chi connectivity index (χ4n) is 2.77. The number of carbonyl (C=O) groups is 2. The molecule has 0 saturated carbocycles. The number of rotatable bonds is 7. The molecular weight excluding hydrogens is 389 g/mol. The summed E-state index contributed by atoms with van der Waals surface area (Å²) in [7, 11) is 2.84. The molecule has 2 amide bonds. The Balaban J connectivity index is 1.67. The van der Waals surface area contributed by atoms with E-state index in [1.54, 1.807) is 42.6 Å². The van der Waals surface area contributed by atoms with E-state index in [0.29, 0.717) is 28.3 Å². The standard InChI is InChI=1S/C22H20FN3O4/c1-29-19-8-5-14(10-17(19)23)11-21(27)25-16-6-7-18(20(12-16)30-2)26-22(28)15-4-3-9-24-13-15/h3-10,12-13H,11H2,1-2H3,(H,25,27)(H,26,28). The third kappa shape index (κ3) is 5.11. The second-order valence-corrected chi connectivity index (χ2v) is 6.30. The van der Waals surface area contributed by atoms with Crippen molar-refractivity contribution in [3.05, 3.63) is 77.9 Å². The van der Waals surface area contributed by atoms with E-state index in [0.717, 1.165) is 0 Å². The van der Waals surface area contributed by atoms with E-state index in [4.69, 9.17) is 9.47 Å². The van der Waals surface area contributed by atoms with Crippen LogP contribution >= 0.6 is 0 Å². The van der Waals surface area contributed by atoms with Crippen LogP contribution in [0.3, 0.4) is 0 Å². The summed E-state index contributed by atoms with van der Waals surface area (Å²) in [6, 6.07) is 12.5. The van der Waals surface area contributed by atoms with Crippen molar-refractivity contribution in [1.29, 1.82) is 0 Å². The van der Waals surface area contributed by atoms with Crippen LogP contribution in [0.1, 0.15) is 15.9 Å². The van der Waals surface area contributed by atoms with E-state index in [9.17, 15) is 14.0 Å². The van der Waals surface area contributed by atoms with Crippen LogP contribution in [0.25, 0.3) is 0 Å². The molecule has 8 heteroatoms. The number of methoxy groups -OCH3 is 2. The summed E-state index contributed by atoms with van der Waals surface area (Å²) in [5.41, 5.74) is 1.84. The van der Waals surface area contributed by atoms with Gasteiger partial charge < -0.3 is 20.1 Å². The van der Waals surface area contributed by atoms with Gasteiger partial charge in [-0.1, -0.05) is 6.07 Å². The third-order valence-corrected chi connectivity index (χ3v) is 4.24. The fourth-order valence-corrected chi connectivity index (χ4v) is 2.77. The van der Waals surface area contributed by atoms with E-state index in [1.807, 2.05) is 0 Å². The monoisotopic (exact) mass is 409 g/mol. The highest BCUT2D eigenvalue weighted by Gasteiger charge is 2.12. The molecule has 0 aliphatic heterocycles. The number of benzene rings is 2. The molecule has 0 unspecified atom stereocenters.